The average molecular weight is 295 g/mol. The first-order valence-electron chi connectivity index (χ1n) is 6.79. The Labute approximate surface area is 123 Å². The van der Waals surface area contributed by atoms with E-state index in [1.54, 1.807) is 6.07 Å². The van der Waals surface area contributed by atoms with Crippen molar-refractivity contribution in [3.63, 3.8) is 0 Å². The number of ether oxygens (including phenoxy) is 1. The van der Waals surface area contributed by atoms with Gasteiger partial charge in [0, 0.05) is 13.0 Å². The zero-order valence-corrected chi connectivity index (χ0v) is 12.2. The highest BCUT2D eigenvalue weighted by Crippen LogP contribution is 2.19. The van der Waals surface area contributed by atoms with E-state index in [1.165, 1.54) is 0 Å². The summed E-state index contributed by atoms with van der Waals surface area (Å²) in [5.41, 5.74) is 1.09. The maximum Gasteiger partial charge on any atom is 0.326 e. The fourth-order valence-electron chi connectivity index (χ4n) is 1.73. The topological polar surface area (TPSA) is 95.9 Å². The van der Waals surface area contributed by atoms with Gasteiger partial charge >= 0.3 is 5.97 Å². The fourth-order valence-corrected chi connectivity index (χ4v) is 1.73. The third-order valence-electron chi connectivity index (χ3n) is 2.95. The van der Waals surface area contributed by atoms with Gasteiger partial charge in [-0.05, 0) is 23.6 Å². The van der Waals surface area contributed by atoms with Gasteiger partial charge in [0.15, 0.2) is 6.61 Å². The molecule has 1 unspecified atom stereocenters. The van der Waals surface area contributed by atoms with Gasteiger partial charge in [0.1, 0.15) is 11.8 Å². The molecule has 6 heteroatoms. The summed E-state index contributed by atoms with van der Waals surface area (Å²) in [6, 6.07) is 6.29. The number of carbonyl (C=O) groups excluding carboxylic acids is 1. The lowest BCUT2D eigenvalue weighted by molar-refractivity contribution is -0.142. The first kappa shape index (κ1) is 17.0. The predicted molar refractivity (Wildman–Crippen MR) is 77.3 cm³/mol. The van der Waals surface area contributed by atoms with E-state index in [2.05, 4.69) is 19.2 Å². The lowest BCUT2D eigenvalue weighted by Crippen LogP contribution is -2.43. The molecule has 0 aliphatic rings. The van der Waals surface area contributed by atoms with Crippen LogP contribution in [0.4, 0.5) is 0 Å². The van der Waals surface area contributed by atoms with Crippen molar-refractivity contribution in [1.29, 1.82) is 0 Å². The van der Waals surface area contributed by atoms with Crippen molar-refractivity contribution in [2.45, 2.75) is 32.2 Å². The minimum atomic E-state index is -1.18. The molecule has 116 valence electrons. The summed E-state index contributed by atoms with van der Waals surface area (Å²) in [5, 5.41) is 19.9. The van der Waals surface area contributed by atoms with Gasteiger partial charge in [0.05, 0.1) is 0 Å². The van der Waals surface area contributed by atoms with Gasteiger partial charge in [-0.2, -0.15) is 0 Å². The van der Waals surface area contributed by atoms with E-state index in [9.17, 15) is 9.59 Å². The number of carboxylic acids is 1. The van der Waals surface area contributed by atoms with Crippen LogP contribution in [0.5, 0.6) is 5.75 Å². The van der Waals surface area contributed by atoms with Crippen molar-refractivity contribution in [2.24, 2.45) is 0 Å². The molecular formula is C15H21NO5. The Morgan fingerprint density at radius 2 is 2.05 bits per heavy atom. The minimum absolute atomic E-state index is 0.0378. The number of rotatable bonds is 8. The van der Waals surface area contributed by atoms with E-state index in [0.29, 0.717) is 11.7 Å². The van der Waals surface area contributed by atoms with Gasteiger partial charge in [0.25, 0.3) is 5.91 Å². The number of amides is 1. The third-order valence-corrected chi connectivity index (χ3v) is 2.95. The van der Waals surface area contributed by atoms with E-state index >= 15 is 0 Å². The first-order chi connectivity index (χ1) is 9.93. The Hall–Kier alpha value is -2.08. The van der Waals surface area contributed by atoms with Gasteiger partial charge in [-0.15, -0.1) is 0 Å². The summed E-state index contributed by atoms with van der Waals surface area (Å²) in [4.78, 5) is 22.5. The molecule has 21 heavy (non-hydrogen) atoms. The van der Waals surface area contributed by atoms with Crippen molar-refractivity contribution in [3.8, 4) is 5.75 Å². The summed E-state index contributed by atoms with van der Waals surface area (Å²) in [5.74, 6) is -0.807. The summed E-state index contributed by atoms with van der Waals surface area (Å²) in [6.07, 6.45) is -0.0378. The number of carboxylic acid groups (broad SMARTS) is 1. The zero-order valence-electron chi connectivity index (χ0n) is 12.2. The third kappa shape index (κ3) is 5.83. The lowest BCUT2D eigenvalue weighted by Gasteiger charge is -2.14. The number of aliphatic hydroxyl groups is 1. The van der Waals surface area contributed by atoms with Gasteiger partial charge in [0.2, 0.25) is 0 Å². The Bertz CT molecular complexity index is 487. The van der Waals surface area contributed by atoms with Crippen molar-refractivity contribution < 1.29 is 24.5 Å². The van der Waals surface area contributed by atoms with Crippen LogP contribution in [0.15, 0.2) is 24.3 Å². The van der Waals surface area contributed by atoms with Crippen molar-refractivity contribution in [2.75, 3.05) is 13.2 Å². The van der Waals surface area contributed by atoms with Gasteiger partial charge in [-0.3, -0.25) is 4.79 Å². The maximum absolute atomic E-state index is 11.6. The molecule has 1 aromatic carbocycles. The number of benzene rings is 1. The molecule has 0 aliphatic heterocycles. The number of hydrogen-bond acceptors (Lipinski definition) is 4. The van der Waals surface area contributed by atoms with Crippen LogP contribution in [0.3, 0.4) is 0 Å². The van der Waals surface area contributed by atoms with Gasteiger partial charge in [-0.1, -0.05) is 26.0 Å². The first-order valence-corrected chi connectivity index (χ1v) is 6.79. The fraction of sp³-hybridized carbons (Fsp3) is 0.467. The Kier molecular flexibility index (Phi) is 6.68. The number of hydrogen-bond donors (Lipinski definition) is 3. The molecule has 0 spiro atoms. The van der Waals surface area contributed by atoms with Crippen molar-refractivity contribution >= 4 is 11.9 Å². The number of aliphatic carboxylic acids is 1. The second-order valence-corrected chi connectivity index (χ2v) is 4.99. The molecule has 0 heterocycles. The highest BCUT2D eigenvalue weighted by atomic mass is 16.5. The largest absolute Gasteiger partial charge is 0.484 e. The number of carbonyl (C=O) groups is 2. The zero-order chi connectivity index (χ0) is 15.8. The number of nitrogens with one attached hydrogen (secondary N) is 1. The predicted octanol–water partition coefficient (Wildman–Crippen LogP) is 1.14. The molecule has 6 nitrogen and oxygen atoms in total. The van der Waals surface area contributed by atoms with E-state index in [4.69, 9.17) is 14.9 Å². The molecule has 1 amide bonds. The molecule has 1 rings (SSSR count). The van der Waals surface area contributed by atoms with E-state index in [0.717, 1.165) is 5.56 Å². The van der Waals surface area contributed by atoms with E-state index in [-0.39, 0.29) is 19.6 Å². The molecule has 0 saturated carbocycles. The highest BCUT2D eigenvalue weighted by molar-refractivity contribution is 5.84. The van der Waals surface area contributed by atoms with Crippen LogP contribution >= 0.6 is 0 Å². The molecule has 1 aromatic rings. The summed E-state index contributed by atoms with van der Waals surface area (Å²) < 4.78 is 5.35. The molecule has 3 N–H and O–H groups in total. The molecule has 1 atom stereocenters. The van der Waals surface area contributed by atoms with E-state index < -0.39 is 17.9 Å². The SMILES string of the molecule is CC(C)c1cccc(OCC(=O)NC(CCO)C(=O)O)c1. The monoisotopic (exact) mass is 295 g/mol. The van der Waals surface area contributed by atoms with Crippen LogP contribution in [0.1, 0.15) is 31.7 Å². The Balaban J connectivity index is 2.52. The van der Waals surface area contributed by atoms with Crippen molar-refractivity contribution in [3.05, 3.63) is 29.8 Å². The normalized spacial score (nSPS) is 12.0. The van der Waals surface area contributed by atoms with Crippen LogP contribution in [0.25, 0.3) is 0 Å². The molecule has 0 fully saturated rings. The molecule has 0 saturated heterocycles. The van der Waals surface area contributed by atoms with E-state index in [1.807, 2.05) is 18.2 Å². The van der Waals surface area contributed by atoms with Crippen LogP contribution in [0, 0.1) is 0 Å². The quantitative estimate of drug-likeness (QED) is 0.668. The smallest absolute Gasteiger partial charge is 0.326 e. The molecule has 0 aliphatic carbocycles. The second kappa shape index (κ2) is 8.26. The minimum Gasteiger partial charge on any atom is -0.484 e. The highest BCUT2D eigenvalue weighted by Gasteiger charge is 2.19. The van der Waals surface area contributed by atoms with Crippen LogP contribution in [0.2, 0.25) is 0 Å². The van der Waals surface area contributed by atoms with Gasteiger partial charge < -0.3 is 20.3 Å². The Morgan fingerprint density at radius 3 is 2.62 bits per heavy atom. The molecule has 0 radical (unpaired) electrons. The molecular weight excluding hydrogens is 274 g/mol. The lowest BCUT2D eigenvalue weighted by atomic mass is 10.0. The standard InChI is InChI=1S/C15H21NO5/c1-10(2)11-4-3-5-12(8-11)21-9-14(18)16-13(6-7-17)15(19)20/h3-5,8,10,13,17H,6-7,9H2,1-2H3,(H,16,18)(H,19,20). The molecule has 0 aromatic heterocycles. The summed E-state index contributed by atoms with van der Waals surface area (Å²) >= 11 is 0. The van der Waals surface area contributed by atoms with Crippen molar-refractivity contribution in [1.82, 2.24) is 5.32 Å². The van der Waals surface area contributed by atoms with Gasteiger partial charge in [-0.25, -0.2) is 4.79 Å². The van der Waals surface area contributed by atoms with Crippen LogP contribution < -0.4 is 10.1 Å². The van der Waals surface area contributed by atoms with Crippen LogP contribution in [-0.4, -0.2) is 41.3 Å². The molecule has 0 bridgehead atoms. The second-order valence-electron chi connectivity index (χ2n) is 4.99. The summed E-state index contributed by atoms with van der Waals surface area (Å²) in [7, 11) is 0. The number of aliphatic hydroxyl groups excluding tert-OH is 1. The Morgan fingerprint density at radius 1 is 1.33 bits per heavy atom. The summed E-state index contributed by atoms with van der Waals surface area (Å²) in [6.45, 7) is 3.53. The van der Waals surface area contributed by atoms with Crippen LogP contribution in [-0.2, 0) is 9.59 Å². The maximum atomic E-state index is 11.6. The average Bonchev–Trinajstić information content (AvgIpc) is 2.45.